The van der Waals surface area contributed by atoms with Crippen LogP contribution in [0.25, 0.3) is 15.8 Å². The highest BCUT2D eigenvalue weighted by Crippen LogP contribution is 2.39. The number of ether oxygens (including phenoxy) is 1. The Morgan fingerprint density at radius 2 is 2.18 bits per heavy atom. The van der Waals surface area contributed by atoms with Crippen molar-refractivity contribution in [3.05, 3.63) is 53.3 Å². The monoisotopic (exact) mass is 415 g/mol. The molecule has 1 aromatic carbocycles. The quantitative estimate of drug-likeness (QED) is 0.510. The van der Waals surface area contributed by atoms with Crippen molar-refractivity contribution in [2.75, 3.05) is 25.0 Å². The number of halogens is 1. The zero-order valence-corrected chi connectivity index (χ0v) is 17.0. The van der Waals surface area contributed by atoms with Gasteiger partial charge in [-0.15, -0.1) is 20.6 Å². The SMILES string of the molecule is Nc1ccc(Oc2ccnc3cc(C4=CCN(C(=O)CP)CC4)sc23)c(F)c1. The van der Waals surface area contributed by atoms with Crippen LogP contribution >= 0.6 is 20.6 Å². The van der Waals surface area contributed by atoms with Crippen molar-refractivity contribution in [3.8, 4) is 11.5 Å². The van der Waals surface area contributed by atoms with E-state index < -0.39 is 5.82 Å². The molecular formula is C20H19FN3O2PS. The standard InChI is InChI=1S/C20H19FN3O2PS/c21-14-9-13(22)1-2-16(14)26-17-3-6-23-15-10-18(28-20(15)17)12-4-7-24(8-5-12)19(25)11-27/h1-4,6,9-10H,5,7-8,11,22,27H2. The van der Waals surface area contributed by atoms with Crippen LogP contribution in [0.1, 0.15) is 11.3 Å². The number of amides is 1. The Labute approximate surface area is 168 Å². The molecule has 1 aliphatic rings. The summed E-state index contributed by atoms with van der Waals surface area (Å²) >= 11 is 1.56. The van der Waals surface area contributed by atoms with Crippen molar-refractivity contribution in [2.24, 2.45) is 0 Å². The molecule has 0 aliphatic carbocycles. The molecule has 144 valence electrons. The van der Waals surface area contributed by atoms with Crippen LogP contribution in [0.2, 0.25) is 0 Å². The number of pyridine rings is 1. The van der Waals surface area contributed by atoms with E-state index in [0.717, 1.165) is 21.5 Å². The summed E-state index contributed by atoms with van der Waals surface area (Å²) in [5.41, 5.74) is 7.95. The van der Waals surface area contributed by atoms with Gasteiger partial charge in [-0.2, -0.15) is 0 Å². The molecule has 28 heavy (non-hydrogen) atoms. The molecule has 1 amide bonds. The first-order valence-electron chi connectivity index (χ1n) is 8.84. The minimum atomic E-state index is -0.504. The summed E-state index contributed by atoms with van der Waals surface area (Å²) in [5.74, 6) is 0.316. The van der Waals surface area contributed by atoms with Gasteiger partial charge in [-0.1, -0.05) is 6.08 Å². The van der Waals surface area contributed by atoms with Gasteiger partial charge in [0, 0.05) is 48.1 Å². The first-order chi connectivity index (χ1) is 13.5. The molecule has 2 aromatic heterocycles. The largest absolute Gasteiger partial charge is 0.453 e. The second-order valence-corrected chi connectivity index (χ2v) is 7.91. The number of nitrogens with two attached hydrogens (primary N) is 1. The molecule has 0 spiro atoms. The fourth-order valence-electron chi connectivity index (χ4n) is 3.12. The number of aromatic nitrogens is 1. The molecule has 0 saturated heterocycles. The first kappa shape index (κ1) is 18.8. The van der Waals surface area contributed by atoms with E-state index in [0.29, 0.717) is 30.7 Å². The van der Waals surface area contributed by atoms with E-state index in [1.807, 2.05) is 11.0 Å². The summed E-state index contributed by atoms with van der Waals surface area (Å²) in [6.45, 7) is 1.32. The minimum Gasteiger partial charge on any atom is -0.453 e. The summed E-state index contributed by atoms with van der Waals surface area (Å²) in [5, 5.41) is 0. The second kappa shape index (κ2) is 7.86. The lowest BCUT2D eigenvalue weighted by Gasteiger charge is -2.25. The predicted molar refractivity (Wildman–Crippen MR) is 114 cm³/mol. The van der Waals surface area contributed by atoms with E-state index in [1.165, 1.54) is 17.7 Å². The Kier molecular flexibility index (Phi) is 5.29. The maximum atomic E-state index is 14.1. The molecule has 1 unspecified atom stereocenters. The van der Waals surface area contributed by atoms with Crippen molar-refractivity contribution in [3.63, 3.8) is 0 Å². The summed E-state index contributed by atoms with van der Waals surface area (Å²) < 4.78 is 20.8. The fraction of sp³-hybridized carbons (Fsp3) is 0.200. The van der Waals surface area contributed by atoms with Gasteiger partial charge in [0.25, 0.3) is 0 Å². The van der Waals surface area contributed by atoms with E-state index in [2.05, 4.69) is 20.3 Å². The highest BCUT2D eigenvalue weighted by atomic mass is 32.1. The van der Waals surface area contributed by atoms with Gasteiger partial charge < -0.3 is 15.4 Å². The molecule has 3 heterocycles. The summed E-state index contributed by atoms with van der Waals surface area (Å²) in [6, 6.07) is 8.11. The molecule has 0 fully saturated rings. The number of anilines is 1. The van der Waals surface area contributed by atoms with Gasteiger partial charge >= 0.3 is 0 Å². The van der Waals surface area contributed by atoms with Crippen LogP contribution in [0.3, 0.4) is 0 Å². The summed E-state index contributed by atoms with van der Waals surface area (Å²) in [7, 11) is 2.47. The molecule has 0 radical (unpaired) electrons. The molecule has 4 rings (SSSR count). The van der Waals surface area contributed by atoms with E-state index in [1.54, 1.807) is 29.7 Å². The van der Waals surface area contributed by atoms with Gasteiger partial charge in [0.05, 0.1) is 10.2 Å². The maximum Gasteiger partial charge on any atom is 0.226 e. The first-order valence-corrected chi connectivity index (χ1v) is 10.5. The molecule has 1 aliphatic heterocycles. The molecule has 1 atom stereocenters. The number of thiophene rings is 1. The Morgan fingerprint density at radius 3 is 2.89 bits per heavy atom. The molecular weight excluding hydrogens is 396 g/mol. The van der Waals surface area contributed by atoms with E-state index in [-0.39, 0.29) is 11.7 Å². The highest BCUT2D eigenvalue weighted by molar-refractivity contribution is 7.20. The second-order valence-electron chi connectivity index (χ2n) is 6.45. The van der Waals surface area contributed by atoms with Crippen LogP contribution in [-0.4, -0.2) is 35.0 Å². The van der Waals surface area contributed by atoms with E-state index >= 15 is 0 Å². The zero-order chi connectivity index (χ0) is 19.7. The smallest absolute Gasteiger partial charge is 0.226 e. The van der Waals surface area contributed by atoms with Crippen molar-refractivity contribution in [2.45, 2.75) is 6.42 Å². The van der Waals surface area contributed by atoms with Crippen molar-refractivity contribution < 1.29 is 13.9 Å². The van der Waals surface area contributed by atoms with Crippen LogP contribution in [0.4, 0.5) is 10.1 Å². The van der Waals surface area contributed by atoms with Gasteiger partial charge in [0.1, 0.15) is 5.75 Å². The Morgan fingerprint density at radius 1 is 1.32 bits per heavy atom. The van der Waals surface area contributed by atoms with E-state index in [9.17, 15) is 9.18 Å². The zero-order valence-electron chi connectivity index (χ0n) is 15.0. The topological polar surface area (TPSA) is 68.5 Å². The lowest BCUT2D eigenvalue weighted by atomic mass is 10.1. The Hall–Kier alpha value is -2.50. The third-order valence-corrected chi connectivity index (χ3v) is 6.17. The molecule has 0 bridgehead atoms. The van der Waals surface area contributed by atoms with Gasteiger partial charge in [-0.25, -0.2) is 4.39 Å². The number of carbonyl (C=O) groups excluding carboxylic acids is 1. The lowest BCUT2D eigenvalue weighted by molar-refractivity contribution is -0.127. The van der Waals surface area contributed by atoms with Crippen LogP contribution in [-0.2, 0) is 4.79 Å². The molecule has 2 N–H and O–H groups in total. The van der Waals surface area contributed by atoms with Gasteiger partial charge in [0.2, 0.25) is 5.91 Å². The number of carbonyl (C=O) groups is 1. The Bertz CT molecular complexity index is 1080. The third kappa shape index (κ3) is 3.73. The number of nitrogens with zero attached hydrogens (tertiary/aromatic N) is 2. The number of benzene rings is 1. The van der Waals surface area contributed by atoms with Crippen molar-refractivity contribution >= 4 is 48.0 Å². The number of hydrogen-bond acceptors (Lipinski definition) is 5. The van der Waals surface area contributed by atoms with Gasteiger partial charge in [-0.05, 0) is 30.2 Å². The molecule has 8 heteroatoms. The van der Waals surface area contributed by atoms with Crippen LogP contribution < -0.4 is 10.5 Å². The minimum absolute atomic E-state index is 0.125. The summed E-state index contributed by atoms with van der Waals surface area (Å²) in [6.07, 6.45) is 4.98. The molecule has 3 aromatic rings. The van der Waals surface area contributed by atoms with Crippen molar-refractivity contribution in [1.29, 1.82) is 0 Å². The Balaban J connectivity index is 1.62. The normalized spacial score (nSPS) is 14.2. The molecule has 5 nitrogen and oxygen atoms in total. The van der Waals surface area contributed by atoms with Gasteiger partial charge in [-0.3, -0.25) is 9.78 Å². The fourth-order valence-corrected chi connectivity index (χ4v) is 4.51. The summed E-state index contributed by atoms with van der Waals surface area (Å²) in [4.78, 5) is 19.2. The number of nitrogen functional groups attached to an aromatic ring is 1. The van der Waals surface area contributed by atoms with Crippen LogP contribution in [0.5, 0.6) is 11.5 Å². The van der Waals surface area contributed by atoms with Gasteiger partial charge in [0.15, 0.2) is 11.6 Å². The van der Waals surface area contributed by atoms with E-state index in [4.69, 9.17) is 10.5 Å². The maximum absolute atomic E-state index is 14.1. The highest BCUT2D eigenvalue weighted by Gasteiger charge is 2.19. The van der Waals surface area contributed by atoms with Crippen LogP contribution in [0.15, 0.2) is 42.6 Å². The average molecular weight is 415 g/mol. The number of rotatable bonds is 4. The van der Waals surface area contributed by atoms with Crippen LogP contribution in [0, 0.1) is 5.82 Å². The third-order valence-electron chi connectivity index (χ3n) is 4.60. The lowest BCUT2D eigenvalue weighted by Crippen LogP contribution is -2.35. The average Bonchev–Trinajstić information content (AvgIpc) is 3.15. The number of fused-ring (bicyclic) bond motifs is 1. The predicted octanol–water partition coefficient (Wildman–Crippen LogP) is 4.30. The number of hydrogen-bond donors (Lipinski definition) is 1. The van der Waals surface area contributed by atoms with Crippen molar-refractivity contribution in [1.82, 2.24) is 9.88 Å². The molecule has 0 saturated carbocycles.